The first kappa shape index (κ1) is 32.0. The molecule has 2 aromatic heterocycles. The summed E-state index contributed by atoms with van der Waals surface area (Å²) in [5, 5.41) is 12.0. The predicted octanol–water partition coefficient (Wildman–Crippen LogP) is 4.09. The molecule has 1 atom stereocenters. The minimum atomic E-state index is -1.19. The van der Waals surface area contributed by atoms with E-state index >= 15 is 0 Å². The van der Waals surface area contributed by atoms with Gasteiger partial charge in [0.2, 0.25) is 11.8 Å². The lowest BCUT2D eigenvalue weighted by Gasteiger charge is -2.21. The van der Waals surface area contributed by atoms with Crippen LogP contribution in [-0.2, 0) is 22.6 Å². The van der Waals surface area contributed by atoms with Crippen molar-refractivity contribution in [2.45, 2.75) is 46.6 Å². The average molecular weight is 583 g/mol. The largest absolute Gasteiger partial charge is 0.465 e. The number of anilines is 1. The molecule has 0 aliphatic carbocycles. The van der Waals surface area contributed by atoms with E-state index in [0.717, 1.165) is 10.5 Å². The van der Waals surface area contributed by atoms with Crippen LogP contribution in [0.1, 0.15) is 45.0 Å². The van der Waals surface area contributed by atoms with E-state index in [9.17, 15) is 28.7 Å². The molecule has 0 radical (unpaired) electrons. The highest BCUT2D eigenvalue weighted by atomic mass is 19.1. The highest BCUT2D eigenvalue weighted by Crippen LogP contribution is 2.27. The van der Waals surface area contributed by atoms with E-state index in [-0.39, 0.29) is 42.0 Å². The summed E-state index contributed by atoms with van der Waals surface area (Å²) in [7, 11) is 4.59. The van der Waals surface area contributed by atoms with Gasteiger partial charge in [0.25, 0.3) is 5.56 Å². The monoisotopic (exact) mass is 582 g/mol. The lowest BCUT2D eigenvalue weighted by atomic mass is 9.87. The van der Waals surface area contributed by atoms with Crippen molar-refractivity contribution < 1.29 is 23.9 Å². The van der Waals surface area contributed by atoms with Crippen LogP contribution in [-0.4, -0.2) is 75.0 Å². The number of carbonyl (C=O) groups excluding carboxylic acids is 2. The molecule has 226 valence electrons. The molecule has 0 aliphatic rings. The maximum absolute atomic E-state index is 14.6. The highest BCUT2D eigenvalue weighted by molar-refractivity contribution is 5.92. The van der Waals surface area contributed by atoms with Crippen molar-refractivity contribution in [3.05, 3.63) is 70.2 Å². The fraction of sp³-hybridized carbons (Fsp3) is 0.433. The van der Waals surface area contributed by atoms with Crippen molar-refractivity contribution in [3.8, 4) is 0 Å². The van der Waals surface area contributed by atoms with Crippen LogP contribution < -0.4 is 10.9 Å². The Morgan fingerprint density at radius 2 is 1.90 bits per heavy atom. The second-order valence-electron chi connectivity index (χ2n) is 11.8. The molecule has 3 aromatic rings. The van der Waals surface area contributed by atoms with Gasteiger partial charge in [-0.3, -0.25) is 14.4 Å². The second kappa shape index (κ2) is 13.5. The third-order valence-corrected chi connectivity index (χ3v) is 6.62. The summed E-state index contributed by atoms with van der Waals surface area (Å²) >= 11 is 0. The number of nitrogens with zero attached hydrogens (tertiary/aromatic N) is 4. The van der Waals surface area contributed by atoms with Crippen LogP contribution in [0, 0.1) is 17.2 Å². The van der Waals surface area contributed by atoms with Crippen LogP contribution in [0.4, 0.5) is 14.9 Å². The zero-order valence-corrected chi connectivity index (χ0v) is 24.9. The molecule has 11 nitrogen and oxygen atoms in total. The lowest BCUT2D eigenvalue weighted by Crippen LogP contribution is -2.37. The average Bonchev–Trinajstić information content (AvgIpc) is 3.33. The van der Waals surface area contributed by atoms with Crippen molar-refractivity contribution in [2.75, 3.05) is 33.0 Å². The predicted molar refractivity (Wildman–Crippen MR) is 159 cm³/mol. The number of rotatable bonds is 11. The molecule has 0 unspecified atom stereocenters. The van der Waals surface area contributed by atoms with Crippen molar-refractivity contribution in [2.24, 2.45) is 11.3 Å². The van der Waals surface area contributed by atoms with Gasteiger partial charge in [0.05, 0.1) is 18.0 Å². The van der Waals surface area contributed by atoms with Gasteiger partial charge >= 0.3 is 6.09 Å². The molecule has 0 bridgehead atoms. The van der Waals surface area contributed by atoms with Crippen LogP contribution in [0.25, 0.3) is 11.0 Å². The van der Waals surface area contributed by atoms with Gasteiger partial charge in [0.15, 0.2) is 0 Å². The number of hydrogen-bond donors (Lipinski definition) is 3. The van der Waals surface area contributed by atoms with E-state index in [2.05, 4.69) is 36.1 Å². The fourth-order valence-corrected chi connectivity index (χ4v) is 4.45. The number of likely N-dealkylation sites (N-methyl/N-ethyl adjacent to an activating group) is 1. The van der Waals surface area contributed by atoms with Crippen LogP contribution in [0.5, 0.6) is 0 Å². The number of imidazole rings is 1. The van der Waals surface area contributed by atoms with Gasteiger partial charge in [-0.15, -0.1) is 0 Å². The third kappa shape index (κ3) is 8.51. The number of carbonyl (C=O) groups is 3. The Morgan fingerprint density at radius 1 is 1.19 bits per heavy atom. The number of aromatic amines is 1. The summed E-state index contributed by atoms with van der Waals surface area (Å²) in [5.74, 6) is -1.56. The van der Waals surface area contributed by atoms with Crippen LogP contribution in [0.15, 0.2) is 47.4 Å². The Bertz CT molecular complexity index is 1540. The van der Waals surface area contributed by atoms with Gasteiger partial charge in [0.1, 0.15) is 22.8 Å². The summed E-state index contributed by atoms with van der Waals surface area (Å²) in [5.41, 5.74) is 1.17. The van der Waals surface area contributed by atoms with Crippen molar-refractivity contribution in [1.82, 2.24) is 24.3 Å². The molecular formula is C30H39FN6O5. The van der Waals surface area contributed by atoms with E-state index in [1.165, 1.54) is 34.7 Å². The Kier molecular flexibility index (Phi) is 10.3. The lowest BCUT2D eigenvalue weighted by molar-refractivity contribution is -0.123. The number of pyridine rings is 1. The maximum Gasteiger partial charge on any atom is 0.407 e. The van der Waals surface area contributed by atoms with E-state index in [4.69, 9.17) is 0 Å². The molecule has 0 saturated carbocycles. The van der Waals surface area contributed by atoms with Crippen molar-refractivity contribution in [1.29, 1.82) is 0 Å². The topological polar surface area (TPSA) is 141 Å². The van der Waals surface area contributed by atoms with E-state index in [1.54, 1.807) is 38.5 Å². The second-order valence-corrected chi connectivity index (χ2v) is 11.8. The Hall–Kier alpha value is -4.48. The van der Waals surface area contributed by atoms with Crippen molar-refractivity contribution in [3.63, 3.8) is 0 Å². The summed E-state index contributed by atoms with van der Waals surface area (Å²) in [6.07, 6.45) is 4.66. The number of amides is 3. The summed E-state index contributed by atoms with van der Waals surface area (Å²) in [4.78, 5) is 59.6. The quantitative estimate of drug-likeness (QED) is 0.291. The van der Waals surface area contributed by atoms with Crippen molar-refractivity contribution >= 4 is 34.6 Å². The summed E-state index contributed by atoms with van der Waals surface area (Å²) in [6.45, 7) is 6.17. The minimum absolute atomic E-state index is 0.0134. The highest BCUT2D eigenvalue weighted by Gasteiger charge is 2.23. The van der Waals surface area contributed by atoms with Gasteiger partial charge in [-0.25, -0.2) is 14.2 Å². The Balaban J connectivity index is 1.81. The van der Waals surface area contributed by atoms with Gasteiger partial charge < -0.3 is 29.8 Å². The number of nitrogens with one attached hydrogen (secondary N) is 2. The molecule has 0 fully saturated rings. The summed E-state index contributed by atoms with van der Waals surface area (Å²) in [6, 6.07) is 6.19. The molecule has 0 saturated heterocycles. The van der Waals surface area contributed by atoms with Gasteiger partial charge in [-0.2, -0.15) is 0 Å². The molecule has 3 rings (SSSR count). The fourth-order valence-electron chi connectivity index (χ4n) is 4.45. The number of H-pyrrole nitrogens is 1. The van der Waals surface area contributed by atoms with E-state index < -0.39 is 29.3 Å². The first-order valence-electron chi connectivity index (χ1n) is 13.6. The van der Waals surface area contributed by atoms with Gasteiger partial charge in [-0.1, -0.05) is 32.9 Å². The SMILES string of the molecule is CN(C)C(=O)/C=C/CC[C@@H](CN(C)C(=O)O)C(=O)Nc1cccn(Cc2nc3c(CC(C)(C)C)ccc(F)c3[nH]2)c1=O. The molecule has 3 N–H and O–H groups in total. The molecule has 0 aliphatic heterocycles. The molecule has 0 spiro atoms. The number of allylic oxidation sites excluding steroid dienone is 1. The van der Waals surface area contributed by atoms with Gasteiger partial charge in [-0.05, 0) is 54.5 Å². The summed E-state index contributed by atoms with van der Waals surface area (Å²) < 4.78 is 15.9. The molecule has 42 heavy (non-hydrogen) atoms. The number of fused-ring (bicyclic) bond motifs is 1. The van der Waals surface area contributed by atoms with Crippen LogP contribution in [0.2, 0.25) is 0 Å². The zero-order chi connectivity index (χ0) is 31.2. The first-order valence-corrected chi connectivity index (χ1v) is 13.6. The number of hydrogen-bond acceptors (Lipinski definition) is 5. The molecular weight excluding hydrogens is 543 g/mol. The number of halogens is 1. The number of carboxylic acid groups (broad SMARTS) is 1. The standard InChI is InChI=1S/C30H39FN6O5/c1-30(2,3)16-19-13-14-21(31)26-25(19)33-23(34-26)18-37-15-9-11-22(28(37)40)32-27(39)20(17-36(6)29(41)42)10-7-8-12-24(38)35(4)5/h8-9,11-15,20H,7,10,16-18H2,1-6H3,(H,32,39)(H,33,34)(H,41,42)/b12-8+/t20-/m0/s1. The minimum Gasteiger partial charge on any atom is -0.465 e. The molecule has 12 heteroatoms. The normalized spacial score (nSPS) is 12.5. The number of benzene rings is 1. The smallest absolute Gasteiger partial charge is 0.407 e. The molecule has 2 heterocycles. The van der Waals surface area contributed by atoms with Crippen LogP contribution in [0.3, 0.4) is 0 Å². The maximum atomic E-state index is 14.6. The number of aromatic nitrogens is 3. The van der Waals surface area contributed by atoms with Gasteiger partial charge in [0, 0.05) is 33.9 Å². The Labute approximate surface area is 244 Å². The Morgan fingerprint density at radius 3 is 2.55 bits per heavy atom. The van der Waals surface area contributed by atoms with E-state index in [0.29, 0.717) is 24.2 Å². The van der Waals surface area contributed by atoms with E-state index in [1.807, 2.05) is 0 Å². The third-order valence-electron chi connectivity index (χ3n) is 6.62. The zero-order valence-electron chi connectivity index (χ0n) is 24.9. The molecule has 1 aromatic carbocycles. The molecule has 3 amide bonds. The van der Waals surface area contributed by atoms with Crippen LogP contribution >= 0.6 is 0 Å². The first-order chi connectivity index (χ1) is 19.7.